The van der Waals surface area contributed by atoms with Crippen LogP contribution in [0.3, 0.4) is 0 Å². The van der Waals surface area contributed by atoms with Gasteiger partial charge in [-0.25, -0.2) is 0 Å². The van der Waals surface area contributed by atoms with Gasteiger partial charge >= 0.3 is 5.97 Å². The van der Waals surface area contributed by atoms with E-state index in [1.165, 1.54) is 18.1 Å². The van der Waals surface area contributed by atoms with Crippen molar-refractivity contribution in [1.29, 1.82) is 0 Å². The maximum absolute atomic E-state index is 11.0. The lowest BCUT2D eigenvalue weighted by molar-refractivity contribution is -0.136. The zero-order valence-electron chi connectivity index (χ0n) is 11.2. The van der Waals surface area contributed by atoms with Gasteiger partial charge in [0.15, 0.2) is 5.88 Å². The molecule has 1 heterocycles. The van der Waals surface area contributed by atoms with Crippen LogP contribution in [0.25, 0.3) is 11.1 Å². The summed E-state index contributed by atoms with van der Waals surface area (Å²) >= 11 is 0. The highest BCUT2D eigenvalue weighted by molar-refractivity contribution is 5.73. The molecule has 2 aromatic carbocycles. The number of hydrogen-bond acceptors (Lipinski definition) is 3. The maximum Gasteiger partial charge on any atom is 0.309 e. The molecule has 0 spiro atoms. The van der Waals surface area contributed by atoms with Gasteiger partial charge in [0, 0.05) is 12.6 Å². The number of anilines is 1. The molecule has 20 heavy (non-hydrogen) atoms. The van der Waals surface area contributed by atoms with Crippen LogP contribution in [0.5, 0.6) is 0 Å². The molecular weight excluding hydrogens is 250 g/mol. The molecule has 1 N–H and O–H groups in total. The van der Waals surface area contributed by atoms with E-state index in [4.69, 9.17) is 4.74 Å². The highest BCUT2D eigenvalue weighted by Gasteiger charge is 2.13. The predicted molar refractivity (Wildman–Crippen MR) is 79.1 cm³/mol. The predicted octanol–water partition coefficient (Wildman–Crippen LogP) is 3.73. The lowest BCUT2D eigenvalue weighted by Crippen LogP contribution is -2.13. The monoisotopic (exact) mass is 265 g/mol. The molecule has 0 aromatic heterocycles. The number of fused-ring (bicyclic) bond motifs is 1. The summed E-state index contributed by atoms with van der Waals surface area (Å²) in [7, 11) is 0. The minimum Gasteiger partial charge on any atom is -0.410 e. The molecule has 1 aliphatic heterocycles. The van der Waals surface area contributed by atoms with E-state index in [0.29, 0.717) is 5.88 Å². The molecule has 3 rings (SSSR count). The highest BCUT2D eigenvalue weighted by atomic mass is 16.5. The van der Waals surface area contributed by atoms with Crippen molar-refractivity contribution < 1.29 is 9.53 Å². The molecule has 0 fully saturated rings. The van der Waals surface area contributed by atoms with Crippen LogP contribution in [0.15, 0.2) is 60.5 Å². The average Bonchev–Trinajstić information content (AvgIpc) is 2.47. The van der Waals surface area contributed by atoms with Crippen molar-refractivity contribution in [3.05, 3.63) is 66.1 Å². The van der Waals surface area contributed by atoms with Crippen LogP contribution >= 0.6 is 0 Å². The first-order valence-electron chi connectivity index (χ1n) is 6.56. The van der Waals surface area contributed by atoms with E-state index < -0.39 is 0 Å². The molecule has 0 aliphatic carbocycles. The molecule has 3 heteroatoms. The van der Waals surface area contributed by atoms with Crippen LogP contribution in [0.1, 0.15) is 12.5 Å². The summed E-state index contributed by atoms with van der Waals surface area (Å²) in [4.78, 5) is 11.0. The Morgan fingerprint density at radius 2 is 1.90 bits per heavy atom. The number of ether oxygens (including phenoxy) is 1. The highest BCUT2D eigenvalue weighted by Crippen LogP contribution is 2.29. The molecule has 0 saturated heterocycles. The molecule has 0 unspecified atom stereocenters. The third-order valence-electron chi connectivity index (χ3n) is 3.24. The molecule has 0 bridgehead atoms. The van der Waals surface area contributed by atoms with Gasteiger partial charge in [0.05, 0.1) is 0 Å². The van der Waals surface area contributed by atoms with Crippen molar-refractivity contribution in [2.45, 2.75) is 13.3 Å². The molecule has 1 aliphatic rings. The second-order valence-electron chi connectivity index (χ2n) is 4.73. The van der Waals surface area contributed by atoms with Crippen LogP contribution in [0.2, 0.25) is 0 Å². The summed E-state index contributed by atoms with van der Waals surface area (Å²) in [6.45, 7) is 1.40. The molecule has 0 radical (unpaired) electrons. The van der Waals surface area contributed by atoms with Gasteiger partial charge in [-0.3, -0.25) is 4.79 Å². The summed E-state index contributed by atoms with van der Waals surface area (Å²) in [6.07, 6.45) is 2.64. The Kier molecular flexibility index (Phi) is 3.25. The van der Waals surface area contributed by atoms with Gasteiger partial charge in [0.2, 0.25) is 0 Å². The number of hydrogen-bond donors (Lipinski definition) is 1. The first kappa shape index (κ1) is 12.5. The normalized spacial score (nSPS) is 12.9. The van der Waals surface area contributed by atoms with Crippen LogP contribution in [0.4, 0.5) is 5.69 Å². The maximum atomic E-state index is 11.0. The van der Waals surface area contributed by atoms with E-state index in [9.17, 15) is 4.79 Å². The Morgan fingerprint density at radius 3 is 2.65 bits per heavy atom. The third kappa shape index (κ3) is 2.57. The van der Waals surface area contributed by atoms with Gasteiger partial charge in [-0.15, -0.1) is 0 Å². The number of benzene rings is 2. The number of allylic oxidation sites excluding steroid dienone is 1. The summed E-state index contributed by atoms with van der Waals surface area (Å²) < 4.78 is 5.10. The lowest BCUT2D eigenvalue weighted by Gasteiger charge is -2.19. The fourth-order valence-electron chi connectivity index (χ4n) is 2.29. The molecule has 100 valence electrons. The van der Waals surface area contributed by atoms with E-state index in [0.717, 1.165) is 17.7 Å². The summed E-state index contributed by atoms with van der Waals surface area (Å²) in [6, 6.07) is 16.5. The average molecular weight is 265 g/mol. The Bertz CT molecular complexity index is 675. The first-order chi connectivity index (χ1) is 9.72. The molecule has 3 nitrogen and oxygen atoms in total. The van der Waals surface area contributed by atoms with Crippen LogP contribution in [-0.4, -0.2) is 5.97 Å². The number of carbonyl (C=O) groups is 1. The number of esters is 1. The second-order valence-corrected chi connectivity index (χ2v) is 4.73. The minimum atomic E-state index is -0.314. The number of rotatable bonds is 2. The van der Waals surface area contributed by atoms with E-state index in [-0.39, 0.29) is 5.97 Å². The quantitative estimate of drug-likeness (QED) is 0.841. The number of nitrogens with one attached hydrogen (secondary N) is 1. The minimum absolute atomic E-state index is 0.314. The molecular formula is C17H15NO2. The van der Waals surface area contributed by atoms with Gasteiger partial charge in [0.25, 0.3) is 0 Å². The summed E-state index contributed by atoms with van der Waals surface area (Å²) in [5, 5.41) is 3.16. The number of carbonyl (C=O) groups excluding carboxylic acids is 1. The molecule has 0 atom stereocenters. The van der Waals surface area contributed by atoms with Crippen molar-refractivity contribution in [3.63, 3.8) is 0 Å². The zero-order chi connectivity index (χ0) is 13.9. The van der Waals surface area contributed by atoms with E-state index in [2.05, 4.69) is 35.6 Å². The smallest absolute Gasteiger partial charge is 0.309 e. The van der Waals surface area contributed by atoms with Gasteiger partial charge in [-0.05, 0) is 35.3 Å². The molecule has 2 aromatic rings. The van der Waals surface area contributed by atoms with Crippen LogP contribution in [0, 0.1) is 0 Å². The van der Waals surface area contributed by atoms with Crippen molar-refractivity contribution in [3.8, 4) is 11.1 Å². The zero-order valence-corrected chi connectivity index (χ0v) is 11.2. The van der Waals surface area contributed by atoms with Crippen molar-refractivity contribution in [2.75, 3.05) is 5.32 Å². The van der Waals surface area contributed by atoms with Gasteiger partial charge in [-0.2, -0.15) is 0 Å². The second kappa shape index (κ2) is 5.21. The standard InChI is InChI=1S/C17H15NO2/c1-12(19)20-17-10-9-14-7-8-15(11-16(14)18-17)13-5-3-2-4-6-13/h2-8,10-11,18H,9H2,1H3. The van der Waals surface area contributed by atoms with E-state index >= 15 is 0 Å². The topological polar surface area (TPSA) is 38.3 Å². The van der Waals surface area contributed by atoms with Crippen LogP contribution < -0.4 is 5.32 Å². The van der Waals surface area contributed by atoms with Crippen molar-refractivity contribution in [2.24, 2.45) is 0 Å². The van der Waals surface area contributed by atoms with E-state index in [1.807, 2.05) is 24.3 Å². The fourth-order valence-corrected chi connectivity index (χ4v) is 2.29. The fraction of sp³-hybridized carbons (Fsp3) is 0.118. The Balaban J connectivity index is 1.90. The third-order valence-corrected chi connectivity index (χ3v) is 3.24. The summed E-state index contributed by atoms with van der Waals surface area (Å²) in [5.74, 6) is 0.196. The van der Waals surface area contributed by atoms with Crippen molar-refractivity contribution in [1.82, 2.24) is 0 Å². The largest absolute Gasteiger partial charge is 0.410 e. The Hall–Kier alpha value is -2.55. The Morgan fingerprint density at radius 1 is 1.10 bits per heavy atom. The Labute approximate surface area is 117 Å². The van der Waals surface area contributed by atoms with Gasteiger partial charge in [0.1, 0.15) is 0 Å². The SMILES string of the molecule is CC(=O)OC1=CCc2ccc(-c3ccccc3)cc2N1. The van der Waals surface area contributed by atoms with Crippen LogP contribution in [-0.2, 0) is 16.0 Å². The first-order valence-corrected chi connectivity index (χ1v) is 6.56. The lowest BCUT2D eigenvalue weighted by atomic mass is 9.99. The van der Waals surface area contributed by atoms with E-state index in [1.54, 1.807) is 0 Å². The van der Waals surface area contributed by atoms with Gasteiger partial charge < -0.3 is 10.1 Å². The van der Waals surface area contributed by atoms with Crippen molar-refractivity contribution >= 4 is 11.7 Å². The van der Waals surface area contributed by atoms with Gasteiger partial charge in [-0.1, -0.05) is 42.5 Å². The molecule has 0 amide bonds. The molecule has 0 saturated carbocycles. The summed E-state index contributed by atoms with van der Waals surface area (Å²) in [5.41, 5.74) is 4.49.